The average molecular weight is 1840 g/mol. The highest BCUT2D eigenvalue weighted by atomic mass is 15.2. The third kappa shape index (κ3) is 14.9. The Kier molecular flexibility index (Phi) is 20.4. The molecule has 6 heteroatoms. The third-order valence-electron chi connectivity index (χ3n) is 31.2. The number of nitrogens with zero attached hydrogens (tertiary/aromatic N) is 5. The molecule has 0 aliphatic carbocycles. The normalized spacial score (nSPS) is 13.3. The monoisotopic (exact) mass is 1840 g/mol. The Bertz CT molecular complexity index is 8640. The first-order valence-electron chi connectivity index (χ1n) is 51.1. The average Bonchev–Trinajstić information content (AvgIpc) is 1.68. The molecule has 3 aliphatic rings. The molecule has 5 nitrogen and oxygen atoms in total. The molecule has 0 spiro atoms. The second-order valence-corrected chi connectivity index (χ2v) is 47.9. The highest BCUT2D eigenvalue weighted by molar-refractivity contribution is 7.00. The molecule has 0 radical (unpaired) electrons. The van der Waals surface area contributed by atoms with Crippen molar-refractivity contribution in [3.05, 3.63) is 409 Å². The van der Waals surface area contributed by atoms with Gasteiger partial charge in [0, 0.05) is 94.4 Å². The van der Waals surface area contributed by atoms with E-state index in [9.17, 15) is 0 Å². The SMILES string of the molecule is CC(C)(C)c1cc(-c2ccccc2)c2c(c1)-c1cccc(c1)-c1ccc3c(c1)c1cc(ccc1n3-c1cccc(-c3ccccc3)c1)-c1cccc(c1)-c1cc(C(C)(C)C)cc(-c3ccc(-c4ccccc4)cc3)c1N1c3cc(-n4c5cc(C(C)(C)C)ccc5c5ccc(C(C)(C)C)cc54)ccc3B3c4ccc(-n5c6cc(C(C)(C)C)ccc6c6ccc(C(C)(C)C)cc65)cc4N2c2cc(C(C)(C)C)cc1c23. The molecule has 24 rings (SSSR count). The minimum absolute atomic E-state index is 0.144. The van der Waals surface area contributed by atoms with E-state index in [1.165, 1.54) is 126 Å². The van der Waals surface area contributed by atoms with Gasteiger partial charge >= 0.3 is 0 Å². The molecule has 0 N–H and O–H groups in total. The molecule has 13 bridgehead atoms. The van der Waals surface area contributed by atoms with Crippen molar-refractivity contribution in [3.63, 3.8) is 0 Å². The molecule has 3 aromatic heterocycles. The van der Waals surface area contributed by atoms with Crippen LogP contribution in [0.2, 0.25) is 0 Å². The lowest BCUT2D eigenvalue weighted by Crippen LogP contribution is -2.61. The van der Waals surface area contributed by atoms with Crippen LogP contribution in [0.3, 0.4) is 0 Å². The summed E-state index contributed by atoms with van der Waals surface area (Å²) in [5, 5.41) is 7.29. The minimum atomic E-state index is -0.431. The maximum Gasteiger partial charge on any atom is 0.252 e. The van der Waals surface area contributed by atoms with Crippen LogP contribution in [0.25, 0.3) is 171 Å². The molecule has 696 valence electrons. The molecule has 6 heterocycles. The summed E-state index contributed by atoms with van der Waals surface area (Å²) in [5.41, 5.74) is 46.2. The molecule has 0 saturated heterocycles. The quantitative estimate of drug-likeness (QED) is 0.148. The summed E-state index contributed by atoms with van der Waals surface area (Å²) < 4.78 is 7.78. The fourth-order valence-electron chi connectivity index (χ4n) is 23.1. The lowest BCUT2D eigenvalue weighted by molar-refractivity contribution is 0.590. The van der Waals surface area contributed by atoms with Crippen molar-refractivity contribution in [1.82, 2.24) is 13.7 Å². The van der Waals surface area contributed by atoms with Crippen molar-refractivity contribution in [1.29, 1.82) is 0 Å². The summed E-state index contributed by atoms with van der Waals surface area (Å²) in [6.07, 6.45) is 0. The van der Waals surface area contributed by atoms with Crippen LogP contribution < -0.4 is 26.2 Å². The highest BCUT2D eigenvalue weighted by Crippen LogP contribution is 2.58. The van der Waals surface area contributed by atoms with Crippen LogP contribution >= 0.6 is 0 Å². The van der Waals surface area contributed by atoms with Crippen LogP contribution in [0.15, 0.2) is 370 Å². The largest absolute Gasteiger partial charge is 0.310 e. The van der Waals surface area contributed by atoms with Gasteiger partial charge in [0.2, 0.25) is 0 Å². The Morgan fingerprint density at radius 2 is 0.444 bits per heavy atom. The van der Waals surface area contributed by atoms with Gasteiger partial charge in [0.25, 0.3) is 6.71 Å². The molecule has 142 heavy (non-hydrogen) atoms. The smallest absolute Gasteiger partial charge is 0.252 e. The van der Waals surface area contributed by atoms with Gasteiger partial charge in [-0.05, 0) is 293 Å². The van der Waals surface area contributed by atoms with E-state index in [4.69, 9.17) is 0 Å². The number of anilines is 6. The van der Waals surface area contributed by atoms with Crippen LogP contribution in [0.4, 0.5) is 34.1 Å². The predicted octanol–water partition coefficient (Wildman–Crippen LogP) is 35.8. The van der Waals surface area contributed by atoms with Crippen LogP contribution in [0.1, 0.15) is 184 Å². The van der Waals surface area contributed by atoms with Crippen molar-refractivity contribution in [3.8, 4) is 106 Å². The first-order chi connectivity index (χ1) is 67.8. The Balaban J connectivity index is 0.903. The maximum atomic E-state index is 2.82. The van der Waals surface area contributed by atoms with Gasteiger partial charge < -0.3 is 23.5 Å². The van der Waals surface area contributed by atoms with Gasteiger partial charge in [0.15, 0.2) is 0 Å². The Labute approximate surface area is 838 Å². The molecule has 0 saturated carbocycles. The van der Waals surface area contributed by atoms with Crippen molar-refractivity contribution in [2.75, 3.05) is 9.80 Å². The zero-order valence-corrected chi connectivity index (χ0v) is 86.0. The molecule has 0 atom stereocenters. The number of hydrogen-bond acceptors (Lipinski definition) is 2. The summed E-state index contributed by atoms with van der Waals surface area (Å²) in [5.74, 6) is 0. The van der Waals surface area contributed by atoms with E-state index in [0.717, 1.165) is 135 Å². The van der Waals surface area contributed by atoms with Crippen LogP contribution in [-0.2, 0) is 37.9 Å². The maximum absolute atomic E-state index is 2.82. The standard InChI is InChI=1S/C136H124BN5/c1-130(2,3)95-52-58-105-106-59-53-96(131(4,5)6)76-120(106)139(119(105)75-95)103-56-62-115-123(81-103)141-125-79-101(136(19,20)21)80-126-127(125)137(115)116-63-57-104(140-121-77-97(132(7,8)9)54-60-107(121)108-61-55-98(78-122(108)140)133(10,11)12)82-124(116)142(126)129-110(87-48-46-85(47-49-87)83-34-25-22-26-35-83)72-100(135(16,17)18)74-112(129)94-44-32-41-89(67-94)92-51-65-118-114(70-92)113-69-91(50-64-117(113)138(118)102-45-33-42-90(68-102)84-36-27-23-28-37-84)88-40-31-43-93(66-88)111-73-99(134(13,14)15)71-109(128(111)141)86-38-29-24-30-39-86/h22-82H,1-21H3. The Morgan fingerprint density at radius 1 is 0.169 bits per heavy atom. The number of benzene rings is 18. The summed E-state index contributed by atoms with van der Waals surface area (Å²) in [6.45, 7) is 49.7. The fraction of sp³-hybridized carbons (Fsp3) is 0.206. The van der Waals surface area contributed by atoms with Crippen LogP contribution in [0.5, 0.6) is 0 Å². The fourth-order valence-corrected chi connectivity index (χ4v) is 23.1. The first-order valence-corrected chi connectivity index (χ1v) is 51.1. The summed E-state index contributed by atoms with van der Waals surface area (Å²) in [6, 6.07) is 146. The molecule has 0 unspecified atom stereocenters. The summed E-state index contributed by atoms with van der Waals surface area (Å²) in [4.78, 5) is 5.63. The second-order valence-electron chi connectivity index (χ2n) is 47.9. The molecule has 21 aromatic rings. The lowest BCUT2D eigenvalue weighted by Gasteiger charge is -2.47. The van der Waals surface area contributed by atoms with Gasteiger partial charge in [0.1, 0.15) is 0 Å². The van der Waals surface area contributed by atoms with Gasteiger partial charge in [-0.3, -0.25) is 0 Å². The number of rotatable bonds is 7. The number of fused-ring (bicyclic) bond motifs is 26. The van der Waals surface area contributed by atoms with Gasteiger partial charge in [0.05, 0.1) is 44.5 Å². The molecule has 18 aromatic carbocycles. The van der Waals surface area contributed by atoms with Gasteiger partial charge in [-0.2, -0.15) is 0 Å². The highest BCUT2D eigenvalue weighted by Gasteiger charge is 2.48. The van der Waals surface area contributed by atoms with E-state index in [0.29, 0.717) is 0 Å². The summed E-state index contributed by atoms with van der Waals surface area (Å²) >= 11 is 0. The number of hydrogen-bond donors (Lipinski definition) is 0. The third-order valence-corrected chi connectivity index (χ3v) is 31.2. The number of aromatic nitrogens is 3. The van der Waals surface area contributed by atoms with Crippen LogP contribution in [-0.4, -0.2) is 20.4 Å². The van der Waals surface area contributed by atoms with E-state index in [2.05, 4.69) is 539 Å². The molecule has 0 amide bonds. The van der Waals surface area contributed by atoms with E-state index >= 15 is 0 Å². The van der Waals surface area contributed by atoms with E-state index in [1.807, 2.05) is 0 Å². The topological polar surface area (TPSA) is 21.3 Å². The van der Waals surface area contributed by atoms with Crippen molar-refractivity contribution in [2.45, 2.75) is 183 Å². The van der Waals surface area contributed by atoms with Gasteiger partial charge in [-0.15, -0.1) is 0 Å². The Hall–Kier alpha value is -15.0. The van der Waals surface area contributed by atoms with E-state index in [-0.39, 0.29) is 39.2 Å². The summed E-state index contributed by atoms with van der Waals surface area (Å²) in [7, 11) is 0. The van der Waals surface area contributed by atoms with Crippen molar-refractivity contribution >= 4 is 123 Å². The van der Waals surface area contributed by atoms with Gasteiger partial charge in [-0.1, -0.05) is 382 Å². The molecule has 0 fully saturated rings. The molecular weight excluding hydrogens is 1710 g/mol. The Morgan fingerprint density at radius 3 is 0.817 bits per heavy atom. The zero-order valence-electron chi connectivity index (χ0n) is 86.0. The zero-order chi connectivity index (χ0) is 98.2. The van der Waals surface area contributed by atoms with Crippen LogP contribution in [0, 0.1) is 0 Å². The predicted molar refractivity (Wildman–Crippen MR) is 611 cm³/mol. The van der Waals surface area contributed by atoms with Gasteiger partial charge in [-0.25, -0.2) is 0 Å². The van der Waals surface area contributed by atoms with E-state index in [1.54, 1.807) is 0 Å². The van der Waals surface area contributed by atoms with E-state index < -0.39 is 5.41 Å². The second kappa shape index (κ2) is 32.3. The first kappa shape index (κ1) is 89.6. The van der Waals surface area contributed by atoms with Crippen molar-refractivity contribution in [2.24, 2.45) is 0 Å². The molecular formula is C136H124BN5. The van der Waals surface area contributed by atoms with Crippen molar-refractivity contribution < 1.29 is 0 Å². The molecule has 3 aliphatic heterocycles. The minimum Gasteiger partial charge on any atom is -0.310 e. The lowest BCUT2D eigenvalue weighted by atomic mass is 9.33.